The fourth-order valence-corrected chi connectivity index (χ4v) is 2.02. The van der Waals surface area contributed by atoms with Crippen molar-refractivity contribution in [1.82, 2.24) is 9.97 Å². The van der Waals surface area contributed by atoms with Crippen LogP contribution < -0.4 is 10.5 Å². The molecule has 1 aromatic carbocycles. The summed E-state index contributed by atoms with van der Waals surface area (Å²) in [6, 6.07) is 4.25. The summed E-state index contributed by atoms with van der Waals surface area (Å²) in [5, 5.41) is 0. The van der Waals surface area contributed by atoms with E-state index in [0.717, 1.165) is 32.6 Å². The molecular weight excluding hydrogens is 306 g/mol. The lowest BCUT2D eigenvalue weighted by Gasteiger charge is -2.09. The summed E-state index contributed by atoms with van der Waals surface area (Å²) in [6.45, 7) is 6.37. The van der Waals surface area contributed by atoms with Crippen molar-refractivity contribution in [2.75, 3.05) is 0 Å². The summed E-state index contributed by atoms with van der Waals surface area (Å²) >= 11 is 3.53. The number of ether oxygens (including phenoxy) is 1. The molecule has 0 aliphatic heterocycles. The standard InChI is InChI=1S/C14H16BrN3O/c1-8-4-12(5-9(2)13(8)15)19-14-17-7-11(6-16)10(3)18-14/h4-5,7H,6,16H2,1-3H3. The molecule has 0 saturated heterocycles. The second kappa shape index (κ2) is 5.67. The van der Waals surface area contributed by atoms with Crippen LogP contribution >= 0.6 is 15.9 Å². The highest BCUT2D eigenvalue weighted by Gasteiger charge is 2.07. The molecule has 0 saturated carbocycles. The van der Waals surface area contributed by atoms with Gasteiger partial charge in [0, 0.05) is 28.5 Å². The molecule has 2 N–H and O–H groups in total. The predicted octanol–water partition coefficient (Wildman–Crippen LogP) is 3.42. The number of nitrogens with two attached hydrogens (primary N) is 1. The molecule has 0 bridgehead atoms. The van der Waals surface area contributed by atoms with E-state index in [2.05, 4.69) is 25.9 Å². The Morgan fingerprint density at radius 1 is 1.21 bits per heavy atom. The number of hydrogen-bond donors (Lipinski definition) is 1. The Morgan fingerprint density at radius 3 is 2.37 bits per heavy atom. The molecule has 2 aromatic rings. The van der Waals surface area contributed by atoms with Crippen molar-refractivity contribution in [3.63, 3.8) is 0 Å². The first-order chi connectivity index (χ1) is 9.01. The molecule has 2 rings (SSSR count). The molecule has 1 heterocycles. The number of aryl methyl sites for hydroxylation is 3. The molecule has 0 atom stereocenters. The summed E-state index contributed by atoms with van der Waals surface area (Å²) in [6.07, 6.45) is 1.70. The van der Waals surface area contributed by atoms with E-state index in [4.69, 9.17) is 10.5 Å². The van der Waals surface area contributed by atoms with Gasteiger partial charge >= 0.3 is 6.01 Å². The van der Waals surface area contributed by atoms with E-state index in [1.54, 1.807) is 6.20 Å². The Labute approximate surface area is 121 Å². The molecular formula is C14H16BrN3O. The molecule has 0 spiro atoms. The number of hydrogen-bond acceptors (Lipinski definition) is 4. The second-order valence-corrected chi connectivity index (χ2v) is 5.23. The summed E-state index contributed by atoms with van der Waals surface area (Å²) in [7, 11) is 0. The average Bonchev–Trinajstić information content (AvgIpc) is 2.36. The lowest BCUT2D eigenvalue weighted by molar-refractivity contribution is 0.438. The van der Waals surface area contributed by atoms with Crippen LogP contribution in [0, 0.1) is 20.8 Å². The van der Waals surface area contributed by atoms with E-state index < -0.39 is 0 Å². The normalized spacial score (nSPS) is 10.6. The predicted molar refractivity (Wildman–Crippen MR) is 78.4 cm³/mol. The van der Waals surface area contributed by atoms with E-state index in [0.29, 0.717) is 12.6 Å². The van der Waals surface area contributed by atoms with Crippen LogP contribution in [0.4, 0.5) is 0 Å². The second-order valence-electron chi connectivity index (χ2n) is 4.44. The summed E-state index contributed by atoms with van der Waals surface area (Å²) in [4.78, 5) is 8.46. The van der Waals surface area contributed by atoms with Crippen molar-refractivity contribution in [2.45, 2.75) is 27.3 Å². The molecule has 0 aliphatic carbocycles. The summed E-state index contributed by atoms with van der Waals surface area (Å²) in [5.74, 6) is 0.734. The van der Waals surface area contributed by atoms with Crippen LogP contribution in [-0.2, 0) is 6.54 Å². The van der Waals surface area contributed by atoms with Gasteiger partial charge in [-0.15, -0.1) is 0 Å². The van der Waals surface area contributed by atoms with Gasteiger partial charge in [0.1, 0.15) is 5.75 Å². The Kier molecular flexibility index (Phi) is 4.17. The van der Waals surface area contributed by atoms with Crippen molar-refractivity contribution in [3.05, 3.63) is 45.2 Å². The Morgan fingerprint density at radius 2 is 1.84 bits per heavy atom. The maximum atomic E-state index is 5.69. The molecule has 100 valence electrons. The number of benzene rings is 1. The minimum absolute atomic E-state index is 0.343. The molecule has 5 heteroatoms. The quantitative estimate of drug-likeness (QED) is 0.941. The minimum atomic E-state index is 0.343. The molecule has 0 fully saturated rings. The summed E-state index contributed by atoms with van der Waals surface area (Å²) < 4.78 is 6.78. The third kappa shape index (κ3) is 3.11. The first kappa shape index (κ1) is 14.0. The van der Waals surface area contributed by atoms with Crippen LogP contribution in [0.3, 0.4) is 0 Å². The van der Waals surface area contributed by atoms with E-state index in [9.17, 15) is 0 Å². The highest BCUT2D eigenvalue weighted by molar-refractivity contribution is 9.10. The summed E-state index contributed by atoms with van der Waals surface area (Å²) in [5.41, 5.74) is 9.59. The molecule has 0 amide bonds. The smallest absolute Gasteiger partial charge is 0.322 e. The van der Waals surface area contributed by atoms with Gasteiger partial charge in [-0.1, -0.05) is 15.9 Å². The topological polar surface area (TPSA) is 61.0 Å². The van der Waals surface area contributed by atoms with Crippen LogP contribution in [0.1, 0.15) is 22.4 Å². The molecule has 0 unspecified atom stereocenters. The van der Waals surface area contributed by atoms with Gasteiger partial charge in [-0.25, -0.2) is 4.98 Å². The third-order valence-electron chi connectivity index (χ3n) is 2.90. The first-order valence-corrected chi connectivity index (χ1v) is 6.77. The molecule has 4 nitrogen and oxygen atoms in total. The largest absolute Gasteiger partial charge is 0.424 e. The molecule has 19 heavy (non-hydrogen) atoms. The van der Waals surface area contributed by atoms with Crippen molar-refractivity contribution >= 4 is 15.9 Å². The number of halogens is 1. The maximum absolute atomic E-state index is 5.69. The van der Waals surface area contributed by atoms with Crippen LogP contribution in [-0.4, -0.2) is 9.97 Å². The van der Waals surface area contributed by atoms with Crippen LogP contribution in [0.15, 0.2) is 22.8 Å². The third-order valence-corrected chi connectivity index (χ3v) is 4.15. The SMILES string of the molecule is Cc1cc(Oc2ncc(CN)c(C)n2)cc(C)c1Br. The molecule has 0 radical (unpaired) electrons. The van der Waals surface area contributed by atoms with E-state index in [-0.39, 0.29) is 0 Å². The Hall–Kier alpha value is -1.46. The lowest BCUT2D eigenvalue weighted by atomic mass is 10.1. The monoisotopic (exact) mass is 321 g/mol. The van der Waals surface area contributed by atoms with Gasteiger partial charge in [-0.2, -0.15) is 4.98 Å². The van der Waals surface area contributed by atoms with E-state index in [1.807, 2.05) is 32.9 Å². The minimum Gasteiger partial charge on any atom is -0.424 e. The van der Waals surface area contributed by atoms with Gasteiger partial charge in [-0.05, 0) is 44.0 Å². The fourth-order valence-electron chi connectivity index (χ4n) is 1.79. The van der Waals surface area contributed by atoms with E-state index >= 15 is 0 Å². The zero-order valence-electron chi connectivity index (χ0n) is 11.2. The van der Waals surface area contributed by atoms with Crippen molar-refractivity contribution in [3.8, 4) is 11.8 Å². The van der Waals surface area contributed by atoms with Gasteiger partial charge in [0.25, 0.3) is 0 Å². The van der Waals surface area contributed by atoms with Crippen molar-refractivity contribution in [1.29, 1.82) is 0 Å². The zero-order valence-corrected chi connectivity index (χ0v) is 12.8. The van der Waals surface area contributed by atoms with Gasteiger partial charge in [0.05, 0.1) is 0 Å². The number of nitrogens with zero attached hydrogens (tertiary/aromatic N) is 2. The Bertz CT molecular complexity index is 591. The van der Waals surface area contributed by atoms with Gasteiger partial charge in [0.2, 0.25) is 0 Å². The van der Waals surface area contributed by atoms with Gasteiger partial charge < -0.3 is 10.5 Å². The van der Waals surface area contributed by atoms with Crippen LogP contribution in [0.25, 0.3) is 0 Å². The average molecular weight is 322 g/mol. The van der Waals surface area contributed by atoms with E-state index in [1.165, 1.54) is 0 Å². The highest BCUT2D eigenvalue weighted by Crippen LogP contribution is 2.28. The van der Waals surface area contributed by atoms with Crippen molar-refractivity contribution in [2.24, 2.45) is 5.73 Å². The number of aromatic nitrogens is 2. The Balaban J connectivity index is 2.29. The maximum Gasteiger partial charge on any atom is 0.322 e. The van der Waals surface area contributed by atoms with Crippen LogP contribution in [0.2, 0.25) is 0 Å². The zero-order chi connectivity index (χ0) is 14.0. The van der Waals surface area contributed by atoms with Gasteiger partial charge in [0.15, 0.2) is 0 Å². The lowest BCUT2D eigenvalue weighted by Crippen LogP contribution is -2.03. The van der Waals surface area contributed by atoms with Crippen LogP contribution in [0.5, 0.6) is 11.8 Å². The fraction of sp³-hybridized carbons (Fsp3) is 0.286. The molecule has 0 aliphatic rings. The highest BCUT2D eigenvalue weighted by atomic mass is 79.9. The van der Waals surface area contributed by atoms with Crippen molar-refractivity contribution < 1.29 is 4.74 Å². The van der Waals surface area contributed by atoms with Gasteiger partial charge in [-0.3, -0.25) is 0 Å². The molecule has 1 aromatic heterocycles. The number of rotatable bonds is 3. The first-order valence-electron chi connectivity index (χ1n) is 5.98.